The van der Waals surface area contributed by atoms with Crippen LogP contribution in [0.3, 0.4) is 0 Å². The van der Waals surface area contributed by atoms with Crippen molar-refractivity contribution in [1.29, 1.82) is 0 Å². The molecule has 102 valence electrons. The summed E-state index contributed by atoms with van der Waals surface area (Å²) in [6, 6.07) is 8.26. The fourth-order valence-corrected chi connectivity index (χ4v) is 3.29. The van der Waals surface area contributed by atoms with E-state index in [1.54, 1.807) is 0 Å². The average Bonchev–Trinajstić information content (AvgIpc) is 2.86. The summed E-state index contributed by atoms with van der Waals surface area (Å²) in [6.45, 7) is 3.06. The molecule has 2 heterocycles. The molecule has 1 fully saturated rings. The second-order valence-electron chi connectivity index (χ2n) is 5.67. The molecular weight excluding hydrogens is 236 g/mol. The van der Waals surface area contributed by atoms with Gasteiger partial charge in [0.25, 0.3) is 0 Å². The number of hydrogen-bond donors (Lipinski definition) is 1. The molecule has 0 radical (unpaired) electrons. The highest BCUT2D eigenvalue weighted by Crippen LogP contribution is 2.36. The lowest BCUT2D eigenvalue weighted by atomic mass is 9.80. The number of likely N-dealkylation sites (tertiary alicyclic amines) is 1. The molecule has 0 spiro atoms. The quantitative estimate of drug-likeness (QED) is 0.920. The summed E-state index contributed by atoms with van der Waals surface area (Å²) in [4.78, 5) is 2.40. The molecule has 3 heteroatoms. The van der Waals surface area contributed by atoms with Gasteiger partial charge in [-0.1, -0.05) is 18.2 Å². The van der Waals surface area contributed by atoms with Crippen LogP contribution in [0.2, 0.25) is 0 Å². The Hall–Kier alpha value is -1.32. The number of para-hydroxylation sites is 1. The lowest BCUT2D eigenvalue weighted by Crippen LogP contribution is -2.34. The van der Waals surface area contributed by atoms with E-state index in [4.69, 9.17) is 10.2 Å². The van der Waals surface area contributed by atoms with Gasteiger partial charge in [-0.3, -0.25) is 0 Å². The Morgan fingerprint density at radius 1 is 1.32 bits per heavy atom. The maximum Gasteiger partial charge on any atom is 0.134 e. The molecule has 0 saturated carbocycles. The Bertz CT molecular complexity index is 540. The zero-order chi connectivity index (χ0) is 13.2. The summed E-state index contributed by atoms with van der Waals surface area (Å²) in [5.74, 6) is 1.11. The lowest BCUT2D eigenvalue weighted by Gasteiger charge is -2.33. The molecule has 3 nitrogen and oxygen atoms in total. The van der Waals surface area contributed by atoms with E-state index in [2.05, 4.69) is 24.1 Å². The molecular formula is C16H22N2O. The van der Waals surface area contributed by atoms with Crippen molar-refractivity contribution in [3.05, 3.63) is 36.1 Å². The standard InChI is InChI=1S/C16H22N2O/c1-18-8-6-12(7-9-18)14(10-17)15-11-19-16-5-3-2-4-13(15)16/h2-5,11-12,14H,6-10,17H2,1H3. The van der Waals surface area contributed by atoms with Crippen LogP contribution in [0, 0.1) is 5.92 Å². The number of nitrogens with two attached hydrogens (primary N) is 1. The van der Waals surface area contributed by atoms with Crippen molar-refractivity contribution in [3.8, 4) is 0 Å². The molecule has 1 saturated heterocycles. The second-order valence-corrected chi connectivity index (χ2v) is 5.67. The monoisotopic (exact) mass is 258 g/mol. The average molecular weight is 258 g/mol. The van der Waals surface area contributed by atoms with Crippen molar-refractivity contribution in [2.75, 3.05) is 26.7 Å². The van der Waals surface area contributed by atoms with Crippen LogP contribution in [-0.4, -0.2) is 31.6 Å². The molecule has 19 heavy (non-hydrogen) atoms. The summed E-state index contributed by atoms with van der Waals surface area (Å²) in [5.41, 5.74) is 8.34. The highest BCUT2D eigenvalue weighted by Gasteiger charge is 2.27. The third-order valence-corrected chi connectivity index (χ3v) is 4.50. The second kappa shape index (κ2) is 5.35. The van der Waals surface area contributed by atoms with Crippen LogP contribution < -0.4 is 5.73 Å². The molecule has 2 aromatic rings. The predicted octanol–water partition coefficient (Wildman–Crippen LogP) is 2.82. The molecule has 1 aliphatic rings. The minimum atomic E-state index is 0.428. The third kappa shape index (κ3) is 2.40. The Kier molecular flexibility index (Phi) is 3.58. The smallest absolute Gasteiger partial charge is 0.134 e. The van der Waals surface area contributed by atoms with E-state index in [1.807, 2.05) is 18.4 Å². The van der Waals surface area contributed by atoms with Gasteiger partial charge in [-0.2, -0.15) is 0 Å². The van der Waals surface area contributed by atoms with Crippen LogP contribution >= 0.6 is 0 Å². The number of benzene rings is 1. The molecule has 3 rings (SSSR count). The highest BCUT2D eigenvalue weighted by atomic mass is 16.3. The summed E-state index contributed by atoms with van der Waals surface area (Å²) in [5, 5.41) is 1.23. The van der Waals surface area contributed by atoms with Crippen LogP contribution in [-0.2, 0) is 0 Å². The van der Waals surface area contributed by atoms with Gasteiger partial charge in [0, 0.05) is 16.9 Å². The molecule has 2 N–H and O–H groups in total. The van der Waals surface area contributed by atoms with E-state index in [0.717, 1.165) is 5.58 Å². The van der Waals surface area contributed by atoms with Crippen molar-refractivity contribution in [2.45, 2.75) is 18.8 Å². The zero-order valence-electron chi connectivity index (χ0n) is 11.5. The van der Waals surface area contributed by atoms with E-state index in [1.165, 1.54) is 36.9 Å². The number of piperidine rings is 1. The minimum absolute atomic E-state index is 0.428. The van der Waals surface area contributed by atoms with Crippen LogP contribution in [0.15, 0.2) is 34.9 Å². The van der Waals surface area contributed by atoms with Crippen LogP contribution in [0.25, 0.3) is 11.0 Å². The van der Waals surface area contributed by atoms with Gasteiger partial charge in [0.05, 0.1) is 6.26 Å². The van der Waals surface area contributed by atoms with Crippen LogP contribution in [0.4, 0.5) is 0 Å². The number of hydrogen-bond acceptors (Lipinski definition) is 3. The van der Waals surface area contributed by atoms with E-state index in [0.29, 0.717) is 18.4 Å². The number of fused-ring (bicyclic) bond motifs is 1. The number of nitrogens with zero attached hydrogens (tertiary/aromatic N) is 1. The molecule has 1 atom stereocenters. The van der Waals surface area contributed by atoms with E-state index in [9.17, 15) is 0 Å². The fourth-order valence-electron chi connectivity index (χ4n) is 3.29. The van der Waals surface area contributed by atoms with Gasteiger partial charge in [-0.05, 0) is 51.5 Å². The number of rotatable bonds is 3. The van der Waals surface area contributed by atoms with Crippen molar-refractivity contribution >= 4 is 11.0 Å². The van der Waals surface area contributed by atoms with Crippen molar-refractivity contribution in [3.63, 3.8) is 0 Å². The van der Waals surface area contributed by atoms with E-state index in [-0.39, 0.29) is 0 Å². The summed E-state index contributed by atoms with van der Waals surface area (Å²) in [7, 11) is 2.20. The summed E-state index contributed by atoms with van der Waals surface area (Å²) < 4.78 is 5.68. The highest BCUT2D eigenvalue weighted by molar-refractivity contribution is 5.81. The largest absolute Gasteiger partial charge is 0.464 e. The van der Waals surface area contributed by atoms with Gasteiger partial charge in [-0.15, -0.1) is 0 Å². The first-order valence-corrected chi connectivity index (χ1v) is 7.14. The molecule has 0 amide bonds. The van der Waals surface area contributed by atoms with Gasteiger partial charge in [-0.25, -0.2) is 0 Å². The number of furan rings is 1. The van der Waals surface area contributed by atoms with Gasteiger partial charge in [0.2, 0.25) is 0 Å². The van der Waals surface area contributed by atoms with Crippen molar-refractivity contribution in [1.82, 2.24) is 4.90 Å². The first-order chi connectivity index (χ1) is 9.29. The fraction of sp³-hybridized carbons (Fsp3) is 0.500. The lowest BCUT2D eigenvalue weighted by molar-refractivity contribution is 0.199. The third-order valence-electron chi connectivity index (χ3n) is 4.50. The van der Waals surface area contributed by atoms with Crippen LogP contribution in [0.5, 0.6) is 0 Å². The van der Waals surface area contributed by atoms with E-state index >= 15 is 0 Å². The van der Waals surface area contributed by atoms with Gasteiger partial charge < -0.3 is 15.1 Å². The maximum absolute atomic E-state index is 6.07. The van der Waals surface area contributed by atoms with Crippen molar-refractivity contribution < 1.29 is 4.42 Å². The topological polar surface area (TPSA) is 42.4 Å². The first kappa shape index (κ1) is 12.7. The molecule has 1 aromatic carbocycles. The predicted molar refractivity (Wildman–Crippen MR) is 78.2 cm³/mol. The Balaban J connectivity index is 1.89. The normalized spacial score (nSPS) is 19.9. The van der Waals surface area contributed by atoms with Gasteiger partial charge in [0.1, 0.15) is 5.58 Å². The molecule has 1 unspecified atom stereocenters. The summed E-state index contributed by atoms with van der Waals surface area (Å²) >= 11 is 0. The first-order valence-electron chi connectivity index (χ1n) is 7.14. The zero-order valence-corrected chi connectivity index (χ0v) is 11.5. The van der Waals surface area contributed by atoms with Gasteiger partial charge >= 0.3 is 0 Å². The van der Waals surface area contributed by atoms with Crippen molar-refractivity contribution in [2.24, 2.45) is 11.7 Å². The molecule has 1 aromatic heterocycles. The van der Waals surface area contributed by atoms with E-state index < -0.39 is 0 Å². The van der Waals surface area contributed by atoms with Crippen LogP contribution in [0.1, 0.15) is 24.3 Å². The van der Waals surface area contributed by atoms with Gasteiger partial charge in [0.15, 0.2) is 0 Å². The Morgan fingerprint density at radius 3 is 2.79 bits per heavy atom. The maximum atomic E-state index is 6.07. The SMILES string of the molecule is CN1CCC(C(CN)c2coc3ccccc23)CC1. The Labute approximate surface area is 114 Å². The molecule has 0 bridgehead atoms. The minimum Gasteiger partial charge on any atom is -0.464 e. The Morgan fingerprint density at radius 2 is 2.05 bits per heavy atom. The molecule has 0 aliphatic carbocycles. The summed E-state index contributed by atoms with van der Waals surface area (Å²) in [6.07, 6.45) is 4.39. The molecule has 1 aliphatic heterocycles.